The Bertz CT molecular complexity index is 761. The molecular formula is C23H36N6. The number of rotatable bonds is 9. The second-order valence-electron chi connectivity index (χ2n) is 8.24. The normalized spacial score (nSPS) is 16.2. The molecule has 2 aromatic rings. The average molecular weight is 397 g/mol. The minimum Gasteiger partial charge on any atom is -0.356 e. The van der Waals surface area contributed by atoms with E-state index in [1.165, 1.54) is 50.5 Å². The quantitative estimate of drug-likeness (QED) is 0.377. The molecule has 0 radical (unpaired) electrons. The highest BCUT2D eigenvalue weighted by atomic mass is 15.3. The summed E-state index contributed by atoms with van der Waals surface area (Å²) in [5, 5.41) is 15.4. The fourth-order valence-corrected chi connectivity index (χ4v) is 3.99. The standard InChI is InChI=1S/C23H36N6/c1-18(21-14-5-4-6-15-21)26-23(25-17-22-28-27-19(2)29(22)3)24-16-10-9-13-20-11-7-8-12-20/h4-6,14-15,18,20H,7-13,16-17H2,1-3H3,(H2,24,25,26). The lowest BCUT2D eigenvalue weighted by Gasteiger charge is -2.19. The van der Waals surface area contributed by atoms with Crippen molar-refractivity contribution in [2.45, 2.75) is 71.4 Å². The highest BCUT2D eigenvalue weighted by molar-refractivity contribution is 5.80. The first-order chi connectivity index (χ1) is 14.1. The van der Waals surface area contributed by atoms with Crippen LogP contribution in [0.2, 0.25) is 0 Å². The minimum atomic E-state index is 0.183. The van der Waals surface area contributed by atoms with E-state index in [9.17, 15) is 0 Å². The molecule has 1 unspecified atom stereocenters. The molecule has 1 heterocycles. The van der Waals surface area contributed by atoms with Crippen molar-refractivity contribution in [1.82, 2.24) is 25.4 Å². The van der Waals surface area contributed by atoms with Crippen molar-refractivity contribution in [1.29, 1.82) is 0 Å². The molecule has 0 bridgehead atoms. The monoisotopic (exact) mass is 396 g/mol. The molecule has 1 fully saturated rings. The van der Waals surface area contributed by atoms with E-state index in [1.54, 1.807) is 0 Å². The first kappa shape index (κ1) is 21.3. The van der Waals surface area contributed by atoms with Gasteiger partial charge in [-0.1, -0.05) is 68.9 Å². The van der Waals surface area contributed by atoms with E-state index >= 15 is 0 Å². The summed E-state index contributed by atoms with van der Waals surface area (Å²) in [5.74, 6) is 3.58. The lowest BCUT2D eigenvalue weighted by atomic mass is 10.0. The summed E-state index contributed by atoms with van der Waals surface area (Å²) in [4.78, 5) is 4.78. The molecule has 2 N–H and O–H groups in total. The summed E-state index contributed by atoms with van der Waals surface area (Å²) in [6, 6.07) is 10.7. The van der Waals surface area contributed by atoms with E-state index in [-0.39, 0.29) is 6.04 Å². The number of hydrogen-bond donors (Lipinski definition) is 2. The van der Waals surface area contributed by atoms with Crippen LogP contribution in [0.1, 0.15) is 75.1 Å². The summed E-state index contributed by atoms with van der Waals surface area (Å²) >= 11 is 0. The van der Waals surface area contributed by atoms with Gasteiger partial charge in [-0.15, -0.1) is 10.2 Å². The van der Waals surface area contributed by atoms with Crippen LogP contribution in [0.25, 0.3) is 0 Å². The third-order valence-corrected chi connectivity index (χ3v) is 6.02. The number of aliphatic imine (C=N–C) groups is 1. The largest absolute Gasteiger partial charge is 0.356 e. The van der Waals surface area contributed by atoms with Gasteiger partial charge in [-0.3, -0.25) is 0 Å². The zero-order valence-corrected chi connectivity index (χ0v) is 18.2. The van der Waals surface area contributed by atoms with E-state index in [4.69, 9.17) is 4.99 Å². The van der Waals surface area contributed by atoms with Gasteiger partial charge in [-0.05, 0) is 31.7 Å². The van der Waals surface area contributed by atoms with Crippen molar-refractivity contribution in [3.63, 3.8) is 0 Å². The van der Waals surface area contributed by atoms with Crippen LogP contribution in [0.15, 0.2) is 35.3 Å². The van der Waals surface area contributed by atoms with Crippen LogP contribution in [-0.4, -0.2) is 27.3 Å². The van der Waals surface area contributed by atoms with Crippen molar-refractivity contribution in [3.05, 3.63) is 47.5 Å². The molecule has 1 aromatic heterocycles. The van der Waals surface area contributed by atoms with E-state index in [0.29, 0.717) is 6.54 Å². The number of aromatic nitrogens is 3. The first-order valence-electron chi connectivity index (χ1n) is 11.1. The van der Waals surface area contributed by atoms with Crippen LogP contribution >= 0.6 is 0 Å². The minimum absolute atomic E-state index is 0.183. The van der Waals surface area contributed by atoms with Crippen LogP contribution in [-0.2, 0) is 13.6 Å². The molecule has 29 heavy (non-hydrogen) atoms. The van der Waals surface area contributed by atoms with Crippen molar-refractivity contribution >= 4 is 5.96 Å². The lowest BCUT2D eigenvalue weighted by molar-refractivity contribution is 0.472. The molecule has 1 atom stereocenters. The van der Waals surface area contributed by atoms with Gasteiger partial charge in [0, 0.05) is 13.6 Å². The molecule has 1 aliphatic carbocycles. The van der Waals surface area contributed by atoms with Gasteiger partial charge in [0.25, 0.3) is 0 Å². The Morgan fingerprint density at radius 3 is 2.62 bits per heavy atom. The summed E-state index contributed by atoms with van der Waals surface area (Å²) in [6.07, 6.45) is 9.59. The Morgan fingerprint density at radius 2 is 1.93 bits per heavy atom. The summed E-state index contributed by atoms with van der Waals surface area (Å²) in [6.45, 7) is 5.58. The topological polar surface area (TPSA) is 67.1 Å². The van der Waals surface area contributed by atoms with E-state index in [0.717, 1.165) is 30.1 Å². The van der Waals surface area contributed by atoms with Gasteiger partial charge in [0.15, 0.2) is 11.8 Å². The number of benzene rings is 1. The molecular weight excluding hydrogens is 360 g/mol. The van der Waals surface area contributed by atoms with Crippen molar-refractivity contribution < 1.29 is 0 Å². The highest BCUT2D eigenvalue weighted by Gasteiger charge is 2.14. The molecule has 158 valence electrons. The summed E-state index contributed by atoms with van der Waals surface area (Å²) in [7, 11) is 1.98. The molecule has 6 heteroatoms. The SMILES string of the molecule is Cc1nnc(CN=C(NCCCCC2CCCC2)NC(C)c2ccccc2)n1C. The average Bonchev–Trinajstić information content (AvgIpc) is 3.37. The molecule has 0 amide bonds. The van der Waals surface area contributed by atoms with Crippen molar-refractivity contribution in [3.8, 4) is 0 Å². The number of nitrogens with zero attached hydrogens (tertiary/aromatic N) is 4. The predicted molar refractivity (Wildman–Crippen MR) is 119 cm³/mol. The zero-order valence-electron chi connectivity index (χ0n) is 18.2. The predicted octanol–water partition coefficient (Wildman–Crippen LogP) is 4.28. The maximum Gasteiger partial charge on any atom is 0.192 e. The molecule has 1 saturated carbocycles. The Labute approximate surface area is 175 Å². The number of hydrogen-bond acceptors (Lipinski definition) is 3. The van der Waals surface area contributed by atoms with Crippen LogP contribution < -0.4 is 10.6 Å². The van der Waals surface area contributed by atoms with E-state index in [1.807, 2.05) is 24.6 Å². The zero-order chi connectivity index (χ0) is 20.5. The number of aryl methyl sites for hydroxylation is 1. The van der Waals surface area contributed by atoms with E-state index < -0.39 is 0 Å². The third-order valence-electron chi connectivity index (χ3n) is 6.02. The molecule has 0 aliphatic heterocycles. The Kier molecular flexibility index (Phi) is 8.08. The van der Waals surface area contributed by atoms with Gasteiger partial charge in [-0.25, -0.2) is 4.99 Å². The van der Waals surface area contributed by atoms with Crippen LogP contribution in [0, 0.1) is 12.8 Å². The molecule has 0 spiro atoms. The van der Waals surface area contributed by atoms with Crippen molar-refractivity contribution in [2.75, 3.05) is 6.54 Å². The number of unbranched alkanes of at least 4 members (excludes halogenated alkanes) is 1. The smallest absolute Gasteiger partial charge is 0.192 e. The fourth-order valence-electron chi connectivity index (χ4n) is 3.99. The van der Waals surface area contributed by atoms with Gasteiger partial charge in [0.05, 0.1) is 6.04 Å². The molecule has 6 nitrogen and oxygen atoms in total. The number of guanidine groups is 1. The second-order valence-corrected chi connectivity index (χ2v) is 8.24. The fraction of sp³-hybridized carbons (Fsp3) is 0.609. The lowest BCUT2D eigenvalue weighted by Crippen LogP contribution is -2.39. The molecule has 3 rings (SSSR count). The van der Waals surface area contributed by atoms with Gasteiger partial charge < -0.3 is 15.2 Å². The van der Waals surface area contributed by atoms with Gasteiger partial charge in [0.2, 0.25) is 0 Å². The Morgan fingerprint density at radius 1 is 1.17 bits per heavy atom. The molecule has 0 saturated heterocycles. The molecule has 1 aromatic carbocycles. The Hall–Kier alpha value is -2.37. The van der Waals surface area contributed by atoms with Crippen LogP contribution in [0.4, 0.5) is 0 Å². The molecule has 1 aliphatic rings. The number of nitrogens with one attached hydrogen (secondary N) is 2. The third kappa shape index (κ3) is 6.58. The second kappa shape index (κ2) is 11.0. The van der Waals surface area contributed by atoms with Crippen LogP contribution in [0.3, 0.4) is 0 Å². The van der Waals surface area contributed by atoms with Gasteiger partial charge >= 0.3 is 0 Å². The Balaban J connectivity index is 1.54. The highest BCUT2D eigenvalue weighted by Crippen LogP contribution is 2.28. The van der Waals surface area contributed by atoms with Gasteiger partial charge in [0.1, 0.15) is 12.4 Å². The first-order valence-corrected chi connectivity index (χ1v) is 11.1. The van der Waals surface area contributed by atoms with Gasteiger partial charge in [-0.2, -0.15) is 0 Å². The summed E-state index contributed by atoms with van der Waals surface area (Å²) in [5.41, 5.74) is 1.25. The maximum atomic E-state index is 4.78. The summed E-state index contributed by atoms with van der Waals surface area (Å²) < 4.78 is 1.99. The van der Waals surface area contributed by atoms with Crippen molar-refractivity contribution in [2.24, 2.45) is 18.0 Å². The maximum absolute atomic E-state index is 4.78. The van der Waals surface area contributed by atoms with E-state index in [2.05, 4.69) is 52.0 Å². The van der Waals surface area contributed by atoms with Crippen LogP contribution in [0.5, 0.6) is 0 Å².